The molecule has 0 aliphatic carbocycles. The largest absolute Gasteiger partial charge is 0.399 e. The molecule has 1 aromatic heterocycles. The van der Waals surface area contributed by atoms with E-state index in [1.165, 1.54) is 0 Å². The number of benzene rings is 2. The quantitative estimate of drug-likeness (QED) is 0.658. The van der Waals surface area contributed by atoms with Crippen LogP contribution >= 0.6 is 27.5 Å². The van der Waals surface area contributed by atoms with E-state index in [1.54, 1.807) is 0 Å². The molecule has 0 radical (unpaired) electrons. The number of imidazole rings is 1. The summed E-state index contributed by atoms with van der Waals surface area (Å²) in [6, 6.07) is 9.78. The second kappa shape index (κ2) is 5.35. The van der Waals surface area contributed by atoms with Crippen LogP contribution < -0.4 is 5.73 Å². The van der Waals surface area contributed by atoms with Gasteiger partial charge in [-0.05, 0) is 58.7 Å². The maximum atomic E-state index is 6.30. The maximum absolute atomic E-state index is 6.30. The van der Waals surface area contributed by atoms with Crippen molar-refractivity contribution in [1.82, 2.24) is 9.55 Å². The maximum Gasteiger partial charge on any atom is 0.114 e. The van der Waals surface area contributed by atoms with Crippen LogP contribution in [0.1, 0.15) is 18.3 Å². The number of aryl methyl sites for hydroxylation is 2. The van der Waals surface area contributed by atoms with Crippen molar-refractivity contribution >= 4 is 44.3 Å². The van der Waals surface area contributed by atoms with Crippen LogP contribution in [-0.2, 0) is 6.42 Å². The van der Waals surface area contributed by atoms with Gasteiger partial charge in [-0.15, -0.1) is 0 Å². The van der Waals surface area contributed by atoms with E-state index in [2.05, 4.69) is 32.4 Å². The van der Waals surface area contributed by atoms with E-state index in [-0.39, 0.29) is 0 Å². The molecular weight excluding hydrogens is 350 g/mol. The molecule has 0 saturated carbocycles. The molecule has 5 heteroatoms. The molecule has 0 atom stereocenters. The number of halogens is 2. The van der Waals surface area contributed by atoms with E-state index < -0.39 is 0 Å². The van der Waals surface area contributed by atoms with Crippen molar-refractivity contribution in [2.45, 2.75) is 20.3 Å². The van der Waals surface area contributed by atoms with Crippen molar-refractivity contribution in [1.29, 1.82) is 0 Å². The molecule has 3 rings (SSSR count). The van der Waals surface area contributed by atoms with Crippen molar-refractivity contribution in [2.24, 2.45) is 0 Å². The van der Waals surface area contributed by atoms with Gasteiger partial charge in [-0.2, -0.15) is 0 Å². The minimum absolute atomic E-state index is 0.718. The Morgan fingerprint density at radius 3 is 2.76 bits per heavy atom. The molecule has 0 saturated heterocycles. The molecule has 0 bridgehead atoms. The Morgan fingerprint density at radius 2 is 2.05 bits per heavy atom. The van der Waals surface area contributed by atoms with Crippen LogP contribution in [0.3, 0.4) is 0 Å². The van der Waals surface area contributed by atoms with E-state index >= 15 is 0 Å². The summed E-state index contributed by atoms with van der Waals surface area (Å²) in [6.07, 6.45) is 0.826. The number of nitrogens with zero attached hydrogens (tertiary/aromatic N) is 2. The second-order valence-electron chi connectivity index (χ2n) is 5.02. The lowest BCUT2D eigenvalue weighted by Crippen LogP contribution is -2.01. The summed E-state index contributed by atoms with van der Waals surface area (Å²) in [5.41, 5.74) is 10.5. The standard InChI is InChI=1S/C16H15BrClN3/c1-3-16-20-13-7-10(19)4-5-14(13)21(16)15-8-12(18)9(2)6-11(15)17/h4-8H,3,19H2,1-2H3. The predicted octanol–water partition coefficient (Wildman–Crippen LogP) is 4.89. The zero-order valence-electron chi connectivity index (χ0n) is 11.8. The average Bonchev–Trinajstić information content (AvgIpc) is 2.80. The number of hydrogen-bond donors (Lipinski definition) is 1. The van der Waals surface area contributed by atoms with Gasteiger partial charge in [-0.25, -0.2) is 4.98 Å². The van der Waals surface area contributed by atoms with E-state index in [1.807, 2.05) is 37.3 Å². The van der Waals surface area contributed by atoms with E-state index in [9.17, 15) is 0 Å². The fraction of sp³-hybridized carbons (Fsp3) is 0.188. The first-order valence-electron chi connectivity index (χ1n) is 6.74. The first-order chi connectivity index (χ1) is 10.0. The van der Waals surface area contributed by atoms with E-state index in [0.717, 1.165) is 49.7 Å². The van der Waals surface area contributed by atoms with Gasteiger partial charge in [-0.1, -0.05) is 18.5 Å². The van der Waals surface area contributed by atoms with Crippen LogP contribution in [0.5, 0.6) is 0 Å². The van der Waals surface area contributed by atoms with Crippen molar-refractivity contribution in [3.05, 3.63) is 51.2 Å². The second-order valence-corrected chi connectivity index (χ2v) is 6.28. The summed E-state index contributed by atoms with van der Waals surface area (Å²) < 4.78 is 3.12. The molecule has 0 spiro atoms. The van der Waals surface area contributed by atoms with E-state index in [0.29, 0.717) is 0 Å². The third-order valence-corrected chi connectivity index (χ3v) is 4.58. The minimum Gasteiger partial charge on any atom is -0.399 e. The normalized spacial score (nSPS) is 11.2. The first kappa shape index (κ1) is 14.4. The highest BCUT2D eigenvalue weighted by Gasteiger charge is 2.15. The number of nitrogen functional groups attached to an aromatic ring is 1. The van der Waals surface area contributed by atoms with Crippen LogP contribution in [0.15, 0.2) is 34.8 Å². The molecule has 21 heavy (non-hydrogen) atoms. The lowest BCUT2D eigenvalue weighted by Gasteiger charge is -2.12. The molecule has 3 aromatic rings. The fourth-order valence-electron chi connectivity index (χ4n) is 2.46. The monoisotopic (exact) mass is 363 g/mol. The Kier molecular flexibility index (Phi) is 3.68. The zero-order chi connectivity index (χ0) is 15.1. The summed E-state index contributed by atoms with van der Waals surface area (Å²) in [7, 11) is 0. The van der Waals surface area contributed by atoms with Gasteiger partial charge in [0.1, 0.15) is 5.82 Å². The molecular formula is C16H15BrClN3. The van der Waals surface area contributed by atoms with Crippen molar-refractivity contribution < 1.29 is 0 Å². The Hall–Kier alpha value is -1.52. The van der Waals surface area contributed by atoms with Gasteiger partial charge in [0.15, 0.2) is 0 Å². The molecule has 0 aliphatic heterocycles. The summed E-state index contributed by atoms with van der Waals surface area (Å²) in [5, 5.41) is 0.743. The molecule has 0 unspecified atom stereocenters. The Balaban J connectivity index is 2.36. The Labute approximate surface area is 136 Å². The first-order valence-corrected chi connectivity index (χ1v) is 7.91. The van der Waals surface area contributed by atoms with Gasteiger partial charge in [0.2, 0.25) is 0 Å². The van der Waals surface area contributed by atoms with Crippen LogP contribution in [0.4, 0.5) is 5.69 Å². The van der Waals surface area contributed by atoms with Gasteiger partial charge >= 0.3 is 0 Å². The van der Waals surface area contributed by atoms with Crippen molar-refractivity contribution in [2.75, 3.05) is 5.73 Å². The molecule has 2 N–H and O–H groups in total. The van der Waals surface area contributed by atoms with Crippen molar-refractivity contribution in [3.63, 3.8) is 0 Å². The number of rotatable bonds is 2. The SMILES string of the molecule is CCc1nc2cc(N)ccc2n1-c1cc(Cl)c(C)cc1Br. The number of fused-ring (bicyclic) bond motifs is 1. The molecule has 2 aromatic carbocycles. The van der Waals surface area contributed by atoms with Crippen LogP contribution in [0, 0.1) is 6.92 Å². The molecule has 0 fully saturated rings. The van der Waals surface area contributed by atoms with Crippen LogP contribution in [0.25, 0.3) is 16.7 Å². The van der Waals surface area contributed by atoms with Crippen LogP contribution in [0.2, 0.25) is 5.02 Å². The molecule has 0 aliphatic rings. The Bertz CT molecular complexity index is 839. The number of nitrogens with two attached hydrogens (primary N) is 1. The molecule has 3 nitrogen and oxygen atoms in total. The lowest BCUT2D eigenvalue weighted by molar-refractivity contribution is 0.905. The van der Waals surface area contributed by atoms with E-state index in [4.69, 9.17) is 17.3 Å². The van der Waals surface area contributed by atoms with Gasteiger partial charge in [0.05, 0.1) is 16.7 Å². The highest BCUT2D eigenvalue weighted by Crippen LogP contribution is 2.32. The smallest absolute Gasteiger partial charge is 0.114 e. The third kappa shape index (κ3) is 2.43. The van der Waals surface area contributed by atoms with Gasteiger partial charge in [-0.3, -0.25) is 4.57 Å². The van der Waals surface area contributed by atoms with Gasteiger partial charge < -0.3 is 5.73 Å². The fourth-order valence-corrected chi connectivity index (χ4v) is 3.25. The Morgan fingerprint density at radius 1 is 1.29 bits per heavy atom. The summed E-state index contributed by atoms with van der Waals surface area (Å²) in [4.78, 5) is 4.68. The predicted molar refractivity (Wildman–Crippen MR) is 92.3 cm³/mol. The molecule has 0 amide bonds. The topological polar surface area (TPSA) is 43.8 Å². The van der Waals surface area contributed by atoms with Crippen LogP contribution in [-0.4, -0.2) is 9.55 Å². The number of anilines is 1. The molecule has 1 heterocycles. The summed E-state index contributed by atoms with van der Waals surface area (Å²) >= 11 is 9.93. The minimum atomic E-state index is 0.718. The summed E-state index contributed by atoms with van der Waals surface area (Å²) in [5.74, 6) is 0.983. The van der Waals surface area contributed by atoms with Gasteiger partial charge in [0.25, 0.3) is 0 Å². The zero-order valence-corrected chi connectivity index (χ0v) is 14.2. The van der Waals surface area contributed by atoms with Gasteiger partial charge in [0, 0.05) is 21.6 Å². The van der Waals surface area contributed by atoms with Crippen molar-refractivity contribution in [3.8, 4) is 5.69 Å². The third-order valence-electron chi connectivity index (χ3n) is 3.53. The highest BCUT2D eigenvalue weighted by molar-refractivity contribution is 9.10. The highest BCUT2D eigenvalue weighted by atomic mass is 79.9. The number of aromatic nitrogens is 2. The lowest BCUT2D eigenvalue weighted by atomic mass is 10.2. The summed E-state index contributed by atoms with van der Waals surface area (Å²) in [6.45, 7) is 4.08. The number of hydrogen-bond acceptors (Lipinski definition) is 2. The molecule has 108 valence electrons. The average molecular weight is 365 g/mol.